The van der Waals surface area contributed by atoms with Gasteiger partial charge in [0.15, 0.2) is 11.5 Å². The van der Waals surface area contributed by atoms with E-state index in [1.54, 1.807) is 14.2 Å². The Balaban J connectivity index is 1.98. The molecule has 3 rings (SSSR count). The second kappa shape index (κ2) is 8.08. The lowest BCUT2D eigenvalue weighted by Gasteiger charge is -2.13. The van der Waals surface area contributed by atoms with E-state index in [1.807, 2.05) is 39.2 Å². The van der Waals surface area contributed by atoms with Crippen molar-refractivity contribution < 1.29 is 9.47 Å². The van der Waals surface area contributed by atoms with E-state index in [2.05, 4.69) is 45.4 Å². The number of benzene rings is 2. The standard InChI is InChI=1S/C22H25N3O2/c1-15-12-17-13-21(26-4)22(27-5)14-19(17)20(24-23-15)11-8-16-6-9-18(10-7-16)25(2)3/h6-11,13-14H,12H2,1-5H3/b11-8+. The summed E-state index contributed by atoms with van der Waals surface area (Å²) in [5.74, 6) is 1.40. The fourth-order valence-electron chi connectivity index (χ4n) is 2.99. The van der Waals surface area contributed by atoms with E-state index < -0.39 is 0 Å². The molecular weight excluding hydrogens is 338 g/mol. The van der Waals surface area contributed by atoms with Crippen LogP contribution in [0.2, 0.25) is 0 Å². The van der Waals surface area contributed by atoms with Crippen molar-refractivity contribution in [1.29, 1.82) is 0 Å². The van der Waals surface area contributed by atoms with Crippen LogP contribution in [-0.4, -0.2) is 39.7 Å². The Kier molecular flexibility index (Phi) is 5.60. The summed E-state index contributed by atoms with van der Waals surface area (Å²) >= 11 is 0. The molecule has 1 aliphatic rings. The van der Waals surface area contributed by atoms with Gasteiger partial charge in [0.25, 0.3) is 0 Å². The van der Waals surface area contributed by atoms with Gasteiger partial charge in [-0.2, -0.15) is 10.2 Å². The van der Waals surface area contributed by atoms with Crippen molar-refractivity contribution in [1.82, 2.24) is 0 Å². The highest BCUT2D eigenvalue weighted by Gasteiger charge is 2.17. The summed E-state index contributed by atoms with van der Waals surface area (Å²) in [4.78, 5) is 2.08. The Morgan fingerprint density at radius 1 is 0.926 bits per heavy atom. The Morgan fingerprint density at radius 2 is 1.59 bits per heavy atom. The van der Waals surface area contributed by atoms with Crippen LogP contribution in [0.3, 0.4) is 0 Å². The molecule has 140 valence electrons. The lowest BCUT2D eigenvalue weighted by molar-refractivity contribution is 0.354. The molecular formula is C22H25N3O2. The molecule has 1 heterocycles. The maximum atomic E-state index is 5.47. The summed E-state index contributed by atoms with van der Waals surface area (Å²) in [6.45, 7) is 1.98. The van der Waals surface area contributed by atoms with Crippen LogP contribution >= 0.6 is 0 Å². The normalized spacial score (nSPS) is 13.5. The predicted octanol–water partition coefficient (Wildman–Crippen LogP) is 4.20. The molecule has 0 saturated heterocycles. The van der Waals surface area contributed by atoms with Crippen molar-refractivity contribution >= 4 is 23.2 Å². The summed E-state index contributed by atoms with van der Waals surface area (Å²) in [7, 11) is 7.35. The highest BCUT2D eigenvalue weighted by atomic mass is 16.5. The number of allylic oxidation sites excluding steroid dienone is 1. The number of hydrogen-bond acceptors (Lipinski definition) is 5. The molecule has 0 radical (unpaired) electrons. The van der Waals surface area contributed by atoms with Crippen LogP contribution in [0.15, 0.2) is 52.7 Å². The molecule has 5 heteroatoms. The van der Waals surface area contributed by atoms with E-state index in [9.17, 15) is 0 Å². The van der Waals surface area contributed by atoms with E-state index in [1.165, 1.54) is 5.69 Å². The van der Waals surface area contributed by atoms with E-state index in [-0.39, 0.29) is 0 Å². The van der Waals surface area contributed by atoms with Gasteiger partial charge in [-0.05, 0) is 48.4 Å². The van der Waals surface area contributed by atoms with Crippen molar-refractivity contribution in [3.8, 4) is 11.5 Å². The van der Waals surface area contributed by atoms with Crippen molar-refractivity contribution in [2.45, 2.75) is 13.3 Å². The van der Waals surface area contributed by atoms with E-state index in [0.29, 0.717) is 11.5 Å². The van der Waals surface area contributed by atoms with Crippen LogP contribution in [-0.2, 0) is 6.42 Å². The van der Waals surface area contributed by atoms with Gasteiger partial charge in [0.1, 0.15) is 0 Å². The first-order valence-corrected chi connectivity index (χ1v) is 8.83. The fraction of sp³-hybridized carbons (Fsp3) is 0.273. The third kappa shape index (κ3) is 4.19. The number of rotatable bonds is 5. The molecule has 0 atom stereocenters. The Labute approximate surface area is 160 Å². The maximum Gasteiger partial charge on any atom is 0.161 e. The number of hydrogen-bond donors (Lipinski definition) is 0. The van der Waals surface area contributed by atoms with Crippen LogP contribution in [0.1, 0.15) is 23.6 Å². The van der Waals surface area contributed by atoms with Crippen molar-refractivity contribution in [3.05, 3.63) is 59.2 Å². The minimum atomic E-state index is 0.687. The van der Waals surface area contributed by atoms with Gasteiger partial charge >= 0.3 is 0 Å². The van der Waals surface area contributed by atoms with Gasteiger partial charge in [0, 0.05) is 37.5 Å². The number of methoxy groups -OCH3 is 2. The number of nitrogens with zero attached hydrogens (tertiary/aromatic N) is 3. The average molecular weight is 363 g/mol. The third-order valence-electron chi connectivity index (χ3n) is 4.50. The summed E-state index contributed by atoms with van der Waals surface area (Å²) in [6.07, 6.45) is 4.78. The van der Waals surface area contributed by atoms with Crippen LogP contribution in [0, 0.1) is 0 Å². The number of anilines is 1. The van der Waals surface area contributed by atoms with Crippen molar-refractivity contribution in [2.24, 2.45) is 10.2 Å². The topological polar surface area (TPSA) is 46.4 Å². The smallest absolute Gasteiger partial charge is 0.161 e. The van der Waals surface area contributed by atoms with Gasteiger partial charge in [-0.25, -0.2) is 0 Å². The number of fused-ring (bicyclic) bond motifs is 1. The first-order chi connectivity index (χ1) is 13.0. The zero-order valence-electron chi connectivity index (χ0n) is 16.5. The van der Waals surface area contributed by atoms with Gasteiger partial charge < -0.3 is 14.4 Å². The highest BCUT2D eigenvalue weighted by Crippen LogP contribution is 2.32. The zero-order chi connectivity index (χ0) is 19.4. The van der Waals surface area contributed by atoms with Gasteiger partial charge in [-0.1, -0.05) is 18.2 Å². The Hall–Kier alpha value is -3.08. The minimum absolute atomic E-state index is 0.687. The number of ether oxygens (including phenoxy) is 2. The third-order valence-corrected chi connectivity index (χ3v) is 4.50. The van der Waals surface area contributed by atoms with Crippen LogP contribution in [0.5, 0.6) is 11.5 Å². The van der Waals surface area contributed by atoms with Gasteiger partial charge in [-0.15, -0.1) is 0 Å². The monoisotopic (exact) mass is 363 g/mol. The molecule has 1 aliphatic heterocycles. The second-order valence-corrected chi connectivity index (χ2v) is 6.68. The van der Waals surface area contributed by atoms with Crippen LogP contribution < -0.4 is 14.4 Å². The Morgan fingerprint density at radius 3 is 2.22 bits per heavy atom. The lowest BCUT2D eigenvalue weighted by Crippen LogP contribution is -2.07. The minimum Gasteiger partial charge on any atom is -0.493 e. The van der Waals surface area contributed by atoms with Crippen LogP contribution in [0.4, 0.5) is 5.69 Å². The summed E-state index contributed by atoms with van der Waals surface area (Å²) in [6, 6.07) is 12.4. The molecule has 0 aromatic heterocycles. The van der Waals surface area contributed by atoms with Gasteiger partial charge in [0.2, 0.25) is 0 Å². The van der Waals surface area contributed by atoms with E-state index in [0.717, 1.165) is 34.5 Å². The SMILES string of the molecule is COc1cc2c(cc1OC)C(/C=C/c1ccc(N(C)C)cc1)=NN=C(C)C2. The highest BCUT2D eigenvalue weighted by molar-refractivity contribution is 6.13. The van der Waals surface area contributed by atoms with E-state index >= 15 is 0 Å². The quantitative estimate of drug-likeness (QED) is 0.800. The maximum absolute atomic E-state index is 5.47. The predicted molar refractivity (Wildman–Crippen MR) is 113 cm³/mol. The zero-order valence-corrected chi connectivity index (χ0v) is 16.5. The molecule has 5 nitrogen and oxygen atoms in total. The lowest BCUT2D eigenvalue weighted by atomic mass is 9.97. The molecule has 2 aromatic rings. The fourth-order valence-corrected chi connectivity index (χ4v) is 2.99. The van der Waals surface area contributed by atoms with Crippen molar-refractivity contribution in [2.75, 3.05) is 33.2 Å². The molecule has 0 N–H and O–H groups in total. The van der Waals surface area contributed by atoms with Crippen molar-refractivity contribution in [3.63, 3.8) is 0 Å². The molecule has 0 saturated carbocycles. The van der Waals surface area contributed by atoms with Crippen LogP contribution in [0.25, 0.3) is 6.08 Å². The molecule has 0 amide bonds. The average Bonchev–Trinajstić information content (AvgIpc) is 2.83. The molecule has 0 spiro atoms. The van der Waals surface area contributed by atoms with Gasteiger partial charge in [0.05, 0.1) is 19.9 Å². The molecule has 0 fully saturated rings. The second-order valence-electron chi connectivity index (χ2n) is 6.68. The summed E-state index contributed by atoms with van der Waals surface area (Å²) < 4.78 is 10.9. The Bertz CT molecular complexity index is 910. The molecule has 0 aliphatic carbocycles. The molecule has 0 bridgehead atoms. The van der Waals surface area contributed by atoms with Gasteiger partial charge in [-0.3, -0.25) is 0 Å². The molecule has 0 unspecified atom stereocenters. The molecule has 27 heavy (non-hydrogen) atoms. The largest absolute Gasteiger partial charge is 0.493 e. The van der Waals surface area contributed by atoms with E-state index in [4.69, 9.17) is 9.47 Å². The summed E-state index contributed by atoms with van der Waals surface area (Å²) in [5, 5.41) is 8.80. The first-order valence-electron chi connectivity index (χ1n) is 8.83. The molecule has 2 aromatic carbocycles. The first kappa shape index (κ1) is 18.7. The summed E-state index contributed by atoms with van der Waals surface area (Å²) in [5.41, 5.74) is 6.17.